The Morgan fingerprint density at radius 1 is 1.58 bits per heavy atom. The molecule has 0 saturated heterocycles. The molecule has 0 radical (unpaired) electrons. The third kappa shape index (κ3) is 3.11. The standard InChI is InChI=1S/C13H22N4O2/c1-9(7-11(18)19)8-17-12(14-15-16-17)10-5-4-6-13(10,2)3/h9-10H,4-8H2,1-3H3,(H,18,19). The van der Waals surface area contributed by atoms with Gasteiger partial charge in [-0.25, -0.2) is 4.68 Å². The van der Waals surface area contributed by atoms with Crippen LogP contribution < -0.4 is 0 Å². The molecule has 0 aliphatic heterocycles. The summed E-state index contributed by atoms with van der Waals surface area (Å²) in [5.74, 6) is 0.548. The Morgan fingerprint density at radius 3 is 2.89 bits per heavy atom. The van der Waals surface area contributed by atoms with Crippen molar-refractivity contribution in [3.05, 3.63) is 5.82 Å². The second-order valence-corrected chi connectivity index (χ2v) is 6.36. The Labute approximate surface area is 113 Å². The zero-order valence-electron chi connectivity index (χ0n) is 11.8. The zero-order chi connectivity index (χ0) is 14.0. The van der Waals surface area contributed by atoms with E-state index in [0.29, 0.717) is 12.5 Å². The smallest absolute Gasteiger partial charge is 0.303 e. The molecular weight excluding hydrogens is 244 g/mol. The fourth-order valence-electron chi connectivity index (χ4n) is 3.05. The number of hydrogen-bond acceptors (Lipinski definition) is 4. The Balaban J connectivity index is 2.12. The molecule has 1 N–H and O–H groups in total. The summed E-state index contributed by atoms with van der Waals surface area (Å²) in [6.45, 7) is 7.00. The largest absolute Gasteiger partial charge is 0.481 e. The number of hydrogen-bond donors (Lipinski definition) is 1. The number of carboxylic acid groups (broad SMARTS) is 1. The normalized spacial score (nSPS) is 23.4. The number of tetrazole rings is 1. The lowest BCUT2D eigenvalue weighted by atomic mass is 9.81. The first-order chi connectivity index (χ1) is 8.90. The van der Waals surface area contributed by atoms with E-state index in [-0.39, 0.29) is 17.8 Å². The van der Waals surface area contributed by atoms with Crippen LogP contribution in [0.3, 0.4) is 0 Å². The molecule has 2 rings (SSSR count). The summed E-state index contributed by atoms with van der Waals surface area (Å²) in [6, 6.07) is 0. The topological polar surface area (TPSA) is 80.9 Å². The maximum Gasteiger partial charge on any atom is 0.303 e. The van der Waals surface area contributed by atoms with Gasteiger partial charge in [0.05, 0.1) is 0 Å². The first-order valence-electron chi connectivity index (χ1n) is 6.88. The summed E-state index contributed by atoms with van der Waals surface area (Å²) in [4.78, 5) is 10.7. The molecule has 1 saturated carbocycles. The summed E-state index contributed by atoms with van der Waals surface area (Å²) < 4.78 is 1.80. The second kappa shape index (κ2) is 5.27. The Kier molecular flexibility index (Phi) is 3.87. The highest BCUT2D eigenvalue weighted by Crippen LogP contribution is 2.47. The van der Waals surface area contributed by atoms with Gasteiger partial charge in [0, 0.05) is 18.9 Å². The number of carbonyl (C=O) groups is 1. The third-order valence-corrected chi connectivity index (χ3v) is 4.14. The van der Waals surface area contributed by atoms with Crippen LogP contribution in [-0.4, -0.2) is 31.3 Å². The molecule has 19 heavy (non-hydrogen) atoms. The molecule has 0 bridgehead atoms. The fourth-order valence-corrected chi connectivity index (χ4v) is 3.05. The van der Waals surface area contributed by atoms with Crippen LogP contribution in [-0.2, 0) is 11.3 Å². The summed E-state index contributed by atoms with van der Waals surface area (Å²) in [5, 5.41) is 20.8. The average Bonchev–Trinajstić information content (AvgIpc) is 2.83. The first kappa shape index (κ1) is 14.0. The van der Waals surface area contributed by atoms with Crippen LogP contribution >= 0.6 is 0 Å². The molecule has 0 aromatic carbocycles. The number of aromatic nitrogens is 4. The van der Waals surface area contributed by atoms with E-state index in [9.17, 15) is 4.79 Å². The molecule has 1 aliphatic carbocycles. The summed E-state index contributed by atoms with van der Waals surface area (Å²) in [5.41, 5.74) is 0.225. The van der Waals surface area contributed by atoms with E-state index < -0.39 is 5.97 Å². The summed E-state index contributed by atoms with van der Waals surface area (Å²) >= 11 is 0. The SMILES string of the molecule is CC(CC(=O)O)Cn1nnnc1C1CCCC1(C)C. The summed E-state index contributed by atoms with van der Waals surface area (Å²) in [6.07, 6.45) is 3.65. The van der Waals surface area contributed by atoms with Crippen LogP contribution in [0.15, 0.2) is 0 Å². The van der Waals surface area contributed by atoms with Gasteiger partial charge in [0.15, 0.2) is 5.82 Å². The molecule has 6 nitrogen and oxygen atoms in total. The Hall–Kier alpha value is -1.46. The predicted molar refractivity (Wildman–Crippen MR) is 69.6 cm³/mol. The molecule has 1 aromatic rings. The van der Waals surface area contributed by atoms with Crippen LogP contribution in [0.2, 0.25) is 0 Å². The van der Waals surface area contributed by atoms with Gasteiger partial charge in [-0.05, 0) is 34.6 Å². The molecule has 6 heteroatoms. The monoisotopic (exact) mass is 266 g/mol. The van der Waals surface area contributed by atoms with Crippen LogP contribution in [0.1, 0.15) is 58.2 Å². The van der Waals surface area contributed by atoms with Gasteiger partial charge in [-0.2, -0.15) is 0 Å². The maximum absolute atomic E-state index is 10.7. The lowest BCUT2D eigenvalue weighted by Crippen LogP contribution is -2.22. The number of nitrogens with zero attached hydrogens (tertiary/aromatic N) is 4. The number of rotatable bonds is 5. The van der Waals surface area contributed by atoms with Crippen molar-refractivity contribution in [2.75, 3.05) is 0 Å². The molecule has 2 unspecified atom stereocenters. The quantitative estimate of drug-likeness (QED) is 0.882. The molecule has 2 atom stereocenters. The van der Waals surface area contributed by atoms with Crippen molar-refractivity contribution < 1.29 is 9.90 Å². The molecule has 106 valence electrons. The van der Waals surface area contributed by atoms with Crippen molar-refractivity contribution in [3.63, 3.8) is 0 Å². The lowest BCUT2D eigenvalue weighted by Gasteiger charge is -2.26. The van der Waals surface area contributed by atoms with E-state index in [0.717, 1.165) is 12.2 Å². The van der Waals surface area contributed by atoms with Crippen molar-refractivity contribution in [1.82, 2.24) is 20.2 Å². The predicted octanol–water partition coefficient (Wildman–Crippen LogP) is 2.08. The van der Waals surface area contributed by atoms with Crippen molar-refractivity contribution in [3.8, 4) is 0 Å². The zero-order valence-corrected chi connectivity index (χ0v) is 11.8. The molecule has 1 aromatic heterocycles. The summed E-state index contributed by atoms with van der Waals surface area (Å²) in [7, 11) is 0. The highest BCUT2D eigenvalue weighted by molar-refractivity contribution is 5.66. The maximum atomic E-state index is 10.7. The third-order valence-electron chi connectivity index (χ3n) is 4.14. The fraction of sp³-hybridized carbons (Fsp3) is 0.846. The molecule has 1 aliphatic rings. The number of carboxylic acids is 1. The molecule has 0 amide bonds. The van der Waals surface area contributed by atoms with E-state index in [1.165, 1.54) is 12.8 Å². The van der Waals surface area contributed by atoms with Crippen molar-refractivity contribution in [2.24, 2.45) is 11.3 Å². The van der Waals surface area contributed by atoms with Crippen molar-refractivity contribution in [2.45, 2.75) is 58.9 Å². The number of aliphatic carboxylic acids is 1. The average molecular weight is 266 g/mol. The molecule has 1 fully saturated rings. The molecular formula is C13H22N4O2. The van der Waals surface area contributed by atoms with Gasteiger partial charge in [-0.1, -0.05) is 27.2 Å². The first-order valence-corrected chi connectivity index (χ1v) is 6.88. The van der Waals surface area contributed by atoms with E-state index in [1.807, 2.05) is 6.92 Å². The van der Waals surface area contributed by atoms with Gasteiger partial charge in [0.2, 0.25) is 0 Å². The van der Waals surface area contributed by atoms with Gasteiger partial charge in [-0.3, -0.25) is 4.79 Å². The second-order valence-electron chi connectivity index (χ2n) is 6.36. The minimum Gasteiger partial charge on any atom is -0.481 e. The van der Waals surface area contributed by atoms with Gasteiger partial charge >= 0.3 is 5.97 Å². The highest BCUT2D eigenvalue weighted by atomic mass is 16.4. The van der Waals surface area contributed by atoms with E-state index >= 15 is 0 Å². The van der Waals surface area contributed by atoms with Crippen molar-refractivity contribution in [1.29, 1.82) is 0 Å². The van der Waals surface area contributed by atoms with Crippen LogP contribution in [0.4, 0.5) is 0 Å². The minimum atomic E-state index is -0.775. The lowest BCUT2D eigenvalue weighted by molar-refractivity contribution is -0.138. The van der Waals surface area contributed by atoms with Gasteiger partial charge < -0.3 is 5.11 Å². The van der Waals surface area contributed by atoms with Crippen LogP contribution in [0, 0.1) is 11.3 Å². The van der Waals surface area contributed by atoms with E-state index in [4.69, 9.17) is 5.11 Å². The van der Waals surface area contributed by atoms with Crippen LogP contribution in [0.25, 0.3) is 0 Å². The van der Waals surface area contributed by atoms with Gasteiger partial charge in [-0.15, -0.1) is 5.10 Å². The van der Waals surface area contributed by atoms with Crippen LogP contribution in [0.5, 0.6) is 0 Å². The van der Waals surface area contributed by atoms with Crippen molar-refractivity contribution >= 4 is 5.97 Å². The minimum absolute atomic E-state index is 0.0317. The molecule has 0 spiro atoms. The highest BCUT2D eigenvalue weighted by Gasteiger charge is 2.38. The molecule has 1 heterocycles. The van der Waals surface area contributed by atoms with E-state index in [2.05, 4.69) is 29.4 Å². The van der Waals surface area contributed by atoms with Gasteiger partial charge in [0.25, 0.3) is 0 Å². The Morgan fingerprint density at radius 2 is 2.32 bits per heavy atom. The van der Waals surface area contributed by atoms with E-state index in [1.54, 1.807) is 4.68 Å². The van der Waals surface area contributed by atoms with Gasteiger partial charge in [0.1, 0.15) is 0 Å². The Bertz CT molecular complexity index is 455.